The van der Waals surface area contributed by atoms with Crippen LogP contribution in [-0.4, -0.2) is 32.8 Å². The lowest BCUT2D eigenvalue weighted by Gasteiger charge is -2.25. The van der Waals surface area contributed by atoms with E-state index < -0.39 is 10.0 Å². The summed E-state index contributed by atoms with van der Waals surface area (Å²) in [5.41, 5.74) is 6.62. The highest BCUT2D eigenvalue weighted by atomic mass is 32.2. The van der Waals surface area contributed by atoms with Crippen molar-refractivity contribution in [2.75, 3.05) is 16.7 Å². The van der Waals surface area contributed by atoms with Gasteiger partial charge in [0.25, 0.3) is 0 Å². The van der Waals surface area contributed by atoms with Gasteiger partial charge in [-0.2, -0.15) is 0 Å². The van der Waals surface area contributed by atoms with Crippen LogP contribution in [0, 0.1) is 0 Å². The standard InChI is InChI=1S/C27H30N2O4S/c1-2-18-34(32,33)29(28-17-7-12-22-10-6-11-24(19-22)21-30)26-15-13-25(14-16-26)27(31)20-23-8-4-3-5-9-23/h3-6,8-11,13-16,19,21,28H,2,7,12,17-18,20H2,1H3. The molecule has 0 spiro atoms. The van der Waals surface area contributed by atoms with Crippen molar-refractivity contribution in [3.8, 4) is 0 Å². The highest BCUT2D eigenvalue weighted by molar-refractivity contribution is 7.92. The van der Waals surface area contributed by atoms with Gasteiger partial charge >= 0.3 is 0 Å². The Balaban J connectivity index is 1.67. The number of anilines is 1. The molecule has 0 aliphatic carbocycles. The fraction of sp³-hybridized carbons (Fsp3) is 0.259. The average Bonchev–Trinajstić information content (AvgIpc) is 2.84. The summed E-state index contributed by atoms with van der Waals surface area (Å²) in [5.74, 6) is -0.0120. The van der Waals surface area contributed by atoms with Crippen molar-refractivity contribution in [3.63, 3.8) is 0 Å². The maximum Gasteiger partial charge on any atom is 0.248 e. The molecular weight excluding hydrogens is 448 g/mol. The van der Waals surface area contributed by atoms with Crippen molar-refractivity contribution in [3.05, 3.63) is 101 Å². The molecule has 0 unspecified atom stereocenters. The molecule has 0 aliphatic rings. The number of Topliss-reactive ketones (excluding diaryl/α,β-unsaturated/α-hetero) is 1. The summed E-state index contributed by atoms with van der Waals surface area (Å²) in [7, 11) is -3.57. The third kappa shape index (κ3) is 7.10. The molecule has 0 amide bonds. The molecule has 0 radical (unpaired) electrons. The number of nitrogens with zero attached hydrogens (tertiary/aromatic N) is 1. The normalized spacial score (nSPS) is 11.2. The van der Waals surface area contributed by atoms with E-state index in [1.807, 2.05) is 55.5 Å². The molecule has 3 rings (SSSR count). The molecule has 0 bridgehead atoms. The first kappa shape index (κ1) is 25.3. The van der Waals surface area contributed by atoms with Crippen molar-refractivity contribution in [2.24, 2.45) is 0 Å². The molecule has 3 aromatic rings. The summed E-state index contributed by atoms with van der Waals surface area (Å²) in [4.78, 5) is 23.6. The van der Waals surface area contributed by atoms with Gasteiger partial charge in [0.15, 0.2) is 5.78 Å². The number of hydrogen-bond acceptors (Lipinski definition) is 5. The Morgan fingerprint density at radius 2 is 1.65 bits per heavy atom. The first-order valence-electron chi connectivity index (χ1n) is 11.4. The van der Waals surface area contributed by atoms with E-state index in [1.165, 1.54) is 4.41 Å². The predicted molar refractivity (Wildman–Crippen MR) is 136 cm³/mol. The Labute approximate surface area is 201 Å². The molecule has 34 heavy (non-hydrogen) atoms. The topological polar surface area (TPSA) is 83.6 Å². The number of sulfonamides is 1. The molecule has 7 heteroatoms. The second-order valence-electron chi connectivity index (χ2n) is 8.09. The molecule has 3 aromatic carbocycles. The van der Waals surface area contributed by atoms with Crippen molar-refractivity contribution >= 4 is 27.8 Å². The van der Waals surface area contributed by atoms with Crippen LogP contribution in [0.15, 0.2) is 78.9 Å². The summed E-state index contributed by atoms with van der Waals surface area (Å²) in [5, 5.41) is 0. The minimum Gasteiger partial charge on any atom is -0.298 e. The molecule has 6 nitrogen and oxygen atoms in total. The van der Waals surface area contributed by atoms with Crippen LogP contribution in [0.1, 0.15) is 51.6 Å². The van der Waals surface area contributed by atoms with Gasteiger partial charge < -0.3 is 0 Å². The fourth-order valence-corrected chi connectivity index (χ4v) is 5.09. The zero-order valence-electron chi connectivity index (χ0n) is 19.3. The molecule has 1 N–H and O–H groups in total. The van der Waals surface area contributed by atoms with Crippen LogP contribution in [0.4, 0.5) is 5.69 Å². The van der Waals surface area contributed by atoms with Crippen molar-refractivity contribution in [2.45, 2.75) is 32.6 Å². The van der Waals surface area contributed by atoms with E-state index >= 15 is 0 Å². The van der Waals surface area contributed by atoms with Gasteiger partial charge in [-0.1, -0.05) is 55.5 Å². The van der Waals surface area contributed by atoms with Gasteiger partial charge in [0.05, 0.1) is 11.4 Å². The quantitative estimate of drug-likeness (QED) is 0.168. The minimum atomic E-state index is -3.57. The number of carbonyl (C=O) groups is 2. The van der Waals surface area contributed by atoms with Gasteiger partial charge in [0, 0.05) is 24.1 Å². The molecule has 0 saturated heterocycles. The summed E-state index contributed by atoms with van der Waals surface area (Å²) in [6, 6.07) is 23.5. The monoisotopic (exact) mass is 478 g/mol. The number of carbonyl (C=O) groups excluding carboxylic acids is 2. The molecule has 0 aliphatic heterocycles. The lowest BCUT2D eigenvalue weighted by atomic mass is 10.0. The van der Waals surface area contributed by atoms with E-state index in [1.54, 1.807) is 30.3 Å². The smallest absolute Gasteiger partial charge is 0.248 e. The van der Waals surface area contributed by atoms with Gasteiger partial charge in [-0.25, -0.2) is 18.3 Å². The number of hydrogen-bond donors (Lipinski definition) is 1. The summed E-state index contributed by atoms with van der Waals surface area (Å²) >= 11 is 0. The Kier molecular flexibility index (Phi) is 9.13. The molecule has 0 heterocycles. The third-order valence-corrected chi connectivity index (χ3v) is 7.18. The first-order valence-corrected chi connectivity index (χ1v) is 13.0. The maximum atomic E-state index is 12.9. The molecule has 0 aromatic heterocycles. The van der Waals surface area contributed by atoms with Gasteiger partial charge in [0.1, 0.15) is 6.29 Å². The Bertz CT molecular complexity index is 1190. The van der Waals surface area contributed by atoms with Crippen molar-refractivity contribution < 1.29 is 18.0 Å². The number of rotatable bonds is 13. The Morgan fingerprint density at radius 1 is 0.941 bits per heavy atom. The maximum absolute atomic E-state index is 12.9. The predicted octanol–water partition coefficient (Wildman–Crippen LogP) is 4.61. The van der Waals surface area contributed by atoms with E-state index in [4.69, 9.17) is 0 Å². The fourth-order valence-electron chi connectivity index (χ4n) is 3.66. The van der Waals surface area contributed by atoms with Crippen molar-refractivity contribution in [1.29, 1.82) is 0 Å². The molecule has 178 valence electrons. The van der Waals surface area contributed by atoms with Crippen LogP contribution in [0.2, 0.25) is 0 Å². The first-order chi connectivity index (χ1) is 16.4. The van der Waals surface area contributed by atoms with Crippen LogP contribution in [-0.2, 0) is 22.9 Å². The van der Waals surface area contributed by atoms with Crippen LogP contribution < -0.4 is 9.84 Å². The van der Waals surface area contributed by atoms with Gasteiger partial charge in [-0.05, 0) is 60.7 Å². The van der Waals surface area contributed by atoms with Crippen LogP contribution >= 0.6 is 0 Å². The summed E-state index contributed by atoms with van der Waals surface area (Å²) < 4.78 is 27.0. The second kappa shape index (κ2) is 12.3. The average molecular weight is 479 g/mol. The second-order valence-corrected chi connectivity index (χ2v) is 10.0. The van der Waals surface area contributed by atoms with Gasteiger partial charge in [-0.15, -0.1) is 0 Å². The zero-order chi connectivity index (χ0) is 24.4. The SMILES string of the molecule is CCCS(=O)(=O)N(NCCCc1cccc(C=O)c1)c1ccc(C(=O)Cc2ccccc2)cc1. The molecule has 0 atom stereocenters. The summed E-state index contributed by atoms with van der Waals surface area (Å²) in [6.07, 6.45) is 3.00. The minimum absolute atomic E-state index is 0.00999. The van der Waals surface area contributed by atoms with E-state index in [0.29, 0.717) is 49.0 Å². The highest BCUT2D eigenvalue weighted by Gasteiger charge is 2.22. The lowest BCUT2D eigenvalue weighted by molar-refractivity contribution is 0.0992. The van der Waals surface area contributed by atoms with Crippen LogP contribution in [0.3, 0.4) is 0 Å². The number of nitrogens with one attached hydrogen (secondary N) is 1. The van der Waals surface area contributed by atoms with E-state index in [-0.39, 0.29) is 11.5 Å². The number of ketones is 1. The Hall–Kier alpha value is -3.29. The summed E-state index contributed by atoms with van der Waals surface area (Å²) in [6.45, 7) is 2.25. The molecular formula is C27H30N2O4S. The number of aldehydes is 1. The van der Waals surface area contributed by atoms with Gasteiger partial charge in [-0.3, -0.25) is 9.59 Å². The van der Waals surface area contributed by atoms with Crippen LogP contribution in [0.25, 0.3) is 0 Å². The largest absolute Gasteiger partial charge is 0.298 e. The van der Waals surface area contributed by atoms with E-state index in [9.17, 15) is 18.0 Å². The van der Waals surface area contributed by atoms with Gasteiger partial charge in [0.2, 0.25) is 10.0 Å². The number of benzene rings is 3. The highest BCUT2D eigenvalue weighted by Crippen LogP contribution is 2.19. The van der Waals surface area contributed by atoms with E-state index in [0.717, 1.165) is 17.4 Å². The molecule has 0 fully saturated rings. The number of hydrazine groups is 1. The zero-order valence-corrected chi connectivity index (χ0v) is 20.1. The van der Waals surface area contributed by atoms with E-state index in [2.05, 4.69) is 5.43 Å². The van der Waals surface area contributed by atoms with Crippen molar-refractivity contribution in [1.82, 2.24) is 5.43 Å². The Morgan fingerprint density at radius 3 is 2.32 bits per heavy atom. The lowest BCUT2D eigenvalue weighted by Crippen LogP contribution is -2.44. The van der Waals surface area contributed by atoms with Crippen LogP contribution in [0.5, 0.6) is 0 Å². The third-order valence-electron chi connectivity index (χ3n) is 5.36. The molecule has 0 saturated carbocycles. The number of aryl methyl sites for hydroxylation is 1.